The molecule has 0 bridgehead atoms. The van der Waals surface area contributed by atoms with Gasteiger partial charge in [-0.15, -0.1) is 0 Å². The normalized spacial score (nSPS) is 13.1. The minimum absolute atomic E-state index is 0.354. The van der Waals surface area contributed by atoms with Crippen LogP contribution >= 0.6 is 0 Å². The maximum atomic E-state index is 12.9. The Morgan fingerprint density at radius 2 is 1.77 bits per heavy atom. The summed E-state index contributed by atoms with van der Waals surface area (Å²) in [5, 5.41) is 13.4. The molecule has 1 aromatic heterocycles. The maximum Gasteiger partial charge on any atom is 0.416 e. The van der Waals surface area contributed by atoms with Crippen LogP contribution in [0.2, 0.25) is 0 Å². The molecule has 0 saturated carbocycles. The van der Waals surface area contributed by atoms with E-state index in [0.717, 1.165) is 17.7 Å². The van der Waals surface area contributed by atoms with Gasteiger partial charge in [0.1, 0.15) is 11.9 Å². The fourth-order valence-corrected chi connectivity index (χ4v) is 2.92. The first-order valence-electron chi connectivity index (χ1n) is 9.42. The number of aliphatic hydroxyl groups excluding tert-OH is 1. The number of benzene rings is 2. The SMILES string of the molecule is C=Nc1cncc(-c2ccc(C(F)(F)F)cc2)c1N=C(C)C(O)NCc1ccccc1. The predicted octanol–water partition coefficient (Wildman–Crippen LogP) is 5.30. The number of nitrogens with zero attached hydrogens (tertiary/aromatic N) is 3. The van der Waals surface area contributed by atoms with E-state index in [4.69, 9.17) is 0 Å². The Morgan fingerprint density at radius 3 is 2.39 bits per heavy atom. The van der Waals surface area contributed by atoms with Crippen molar-refractivity contribution in [3.05, 3.63) is 78.1 Å². The van der Waals surface area contributed by atoms with E-state index in [1.807, 2.05) is 30.3 Å². The first kappa shape index (κ1) is 22.3. The summed E-state index contributed by atoms with van der Waals surface area (Å²) in [4.78, 5) is 12.5. The highest BCUT2D eigenvalue weighted by atomic mass is 19.4. The highest BCUT2D eigenvalue weighted by Gasteiger charge is 2.30. The van der Waals surface area contributed by atoms with Gasteiger partial charge in [0.15, 0.2) is 0 Å². The van der Waals surface area contributed by atoms with E-state index in [0.29, 0.717) is 34.8 Å². The molecule has 1 heterocycles. The molecule has 0 amide bonds. The Morgan fingerprint density at radius 1 is 1.10 bits per heavy atom. The summed E-state index contributed by atoms with van der Waals surface area (Å²) < 4.78 is 38.7. The quantitative estimate of drug-likeness (QED) is 0.398. The number of aliphatic hydroxyl groups is 1. The third-order valence-electron chi connectivity index (χ3n) is 4.62. The molecule has 2 aromatic carbocycles. The van der Waals surface area contributed by atoms with Gasteiger partial charge in [-0.2, -0.15) is 13.2 Å². The van der Waals surface area contributed by atoms with Crippen LogP contribution in [0.3, 0.4) is 0 Å². The number of rotatable bonds is 7. The molecular weight excluding hydrogens is 405 g/mol. The zero-order valence-corrected chi connectivity index (χ0v) is 16.8. The Kier molecular flexibility index (Phi) is 6.94. The molecule has 160 valence electrons. The summed E-state index contributed by atoms with van der Waals surface area (Å²) in [6, 6.07) is 14.3. The van der Waals surface area contributed by atoms with Crippen molar-refractivity contribution in [2.75, 3.05) is 0 Å². The van der Waals surface area contributed by atoms with Crippen LogP contribution in [0, 0.1) is 0 Å². The lowest BCUT2D eigenvalue weighted by molar-refractivity contribution is -0.137. The second kappa shape index (κ2) is 9.63. The first-order valence-corrected chi connectivity index (χ1v) is 9.42. The van der Waals surface area contributed by atoms with Crippen molar-refractivity contribution in [3.8, 4) is 11.1 Å². The van der Waals surface area contributed by atoms with E-state index in [1.54, 1.807) is 6.92 Å². The van der Waals surface area contributed by atoms with Gasteiger partial charge >= 0.3 is 6.18 Å². The number of aliphatic imine (C=N–C) groups is 2. The van der Waals surface area contributed by atoms with Gasteiger partial charge < -0.3 is 5.11 Å². The van der Waals surface area contributed by atoms with E-state index >= 15 is 0 Å². The molecule has 2 N–H and O–H groups in total. The molecule has 3 aromatic rings. The maximum absolute atomic E-state index is 12.9. The average molecular weight is 426 g/mol. The summed E-state index contributed by atoms with van der Waals surface area (Å²) in [6.07, 6.45) is -2.51. The lowest BCUT2D eigenvalue weighted by atomic mass is 10.0. The summed E-state index contributed by atoms with van der Waals surface area (Å²) in [5.41, 5.74) is 2.30. The van der Waals surface area contributed by atoms with Crippen LogP contribution in [0.1, 0.15) is 18.1 Å². The molecular formula is C23H21F3N4O. The largest absolute Gasteiger partial charge is 0.416 e. The number of hydrogen-bond acceptors (Lipinski definition) is 5. The van der Waals surface area contributed by atoms with Crippen LogP contribution in [0.15, 0.2) is 77.0 Å². The van der Waals surface area contributed by atoms with Gasteiger partial charge in [0.2, 0.25) is 0 Å². The molecule has 5 nitrogen and oxygen atoms in total. The van der Waals surface area contributed by atoms with Gasteiger partial charge in [0.25, 0.3) is 0 Å². The predicted molar refractivity (Wildman–Crippen MR) is 116 cm³/mol. The lowest BCUT2D eigenvalue weighted by Crippen LogP contribution is -2.34. The molecule has 1 unspecified atom stereocenters. The second-order valence-electron chi connectivity index (χ2n) is 6.81. The number of halogens is 3. The van der Waals surface area contributed by atoms with Gasteiger partial charge in [-0.25, -0.2) is 0 Å². The van der Waals surface area contributed by atoms with Gasteiger partial charge in [-0.05, 0) is 36.9 Å². The van der Waals surface area contributed by atoms with Crippen LogP contribution < -0.4 is 5.32 Å². The van der Waals surface area contributed by atoms with Crippen LogP contribution in [0.4, 0.5) is 24.5 Å². The molecule has 0 aliphatic carbocycles. The lowest BCUT2D eigenvalue weighted by Gasteiger charge is -2.15. The number of pyridine rings is 1. The molecule has 0 aliphatic rings. The highest BCUT2D eigenvalue weighted by molar-refractivity contribution is 5.93. The summed E-state index contributed by atoms with van der Waals surface area (Å²) in [6.45, 7) is 5.59. The van der Waals surface area contributed by atoms with Crippen molar-refractivity contribution in [3.63, 3.8) is 0 Å². The standard InChI is InChI=1S/C23H21F3N4O/c1-15(22(31)29-12-16-6-4-3-5-7-16)30-21-19(13-28-14-20(21)27-2)17-8-10-18(11-9-17)23(24,25)26/h3-11,13-14,22,29,31H,2,12H2,1H3. The topological polar surface area (TPSA) is 69.9 Å². The van der Waals surface area contributed by atoms with E-state index in [2.05, 4.69) is 27.0 Å². The van der Waals surface area contributed by atoms with E-state index in [9.17, 15) is 18.3 Å². The van der Waals surface area contributed by atoms with Crippen LogP contribution in [-0.2, 0) is 12.7 Å². The molecule has 3 rings (SSSR count). The zero-order chi connectivity index (χ0) is 22.4. The third-order valence-corrected chi connectivity index (χ3v) is 4.62. The van der Waals surface area contributed by atoms with Gasteiger partial charge in [-0.1, -0.05) is 42.5 Å². The molecule has 0 spiro atoms. The fourth-order valence-electron chi connectivity index (χ4n) is 2.92. The van der Waals surface area contributed by atoms with Gasteiger partial charge in [0, 0.05) is 18.3 Å². The van der Waals surface area contributed by atoms with Crippen molar-refractivity contribution < 1.29 is 18.3 Å². The van der Waals surface area contributed by atoms with Gasteiger partial charge in [0.05, 0.1) is 23.2 Å². The molecule has 0 radical (unpaired) electrons. The van der Waals surface area contributed by atoms with Gasteiger partial charge in [-0.3, -0.25) is 20.3 Å². The molecule has 0 aliphatic heterocycles. The van der Waals surface area contributed by atoms with Crippen LogP contribution in [0.5, 0.6) is 0 Å². The highest BCUT2D eigenvalue weighted by Crippen LogP contribution is 2.39. The van der Waals surface area contributed by atoms with Crippen molar-refractivity contribution in [1.82, 2.24) is 10.3 Å². The number of hydrogen-bond donors (Lipinski definition) is 2. The minimum atomic E-state index is -4.42. The minimum Gasteiger partial charge on any atom is -0.373 e. The summed E-state index contributed by atoms with van der Waals surface area (Å²) in [7, 11) is 0. The number of nitrogens with one attached hydrogen (secondary N) is 1. The average Bonchev–Trinajstić information content (AvgIpc) is 2.77. The first-order chi connectivity index (χ1) is 14.8. The Hall–Kier alpha value is -3.36. The number of alkyl halides is 3. The summed E-state index contributed by atoms with van der Waals surface area (Å²) >= 11 is 0. The van der Waals surface area contributed by atoms with E-state index < -0.39 is 18.0 Å². The smallest absolute Gasteiger partial charge is 0.373 e. The molecule has 0 fully saturated rings. The third kappa shape index (κ3) is 5.62. The monoisotopic (exact) mass is 426 g/mol. The Labute approximate surface area is 178 Å². The second-order valence-corrected chi connectivity index (χ2v) is 6.81. The molecule has 1 atom stereocenters. The molecule has 8 heteroatoms. The zero-order valence-electron chi connectivity index (χ0n) is 16.8. The van der Waals surface area contributed by atoms with Crippen LogP contribution in [-0.4, -0.2) is 28.7 Å². The Bertz CT molecular complexity index is 1060. The Balaban J connectivity index is 1.90. The molecule has 0 saturated heterocycles. The number of aromatic nitrogens is 1. The van der Waals surface area contributed by atoms with Crippen molar-refractivity contribution in [2.45, 2.75) is 25.9 Å². The van der Waals surface area contributed by atoms with Crippen molar-refractivity contribution in [1.29, 1.82) is 0 Å². The molecule has 31 heavy (non-hydrogen) atoms. The van der Waals surface area contributed by atoms with E-state index in [1.165, 1.54) is 24.5 Å². The van der Waals surface area contributed by atoms with Crippen LogP contribution in [0.25, 0.3) is 11.1 Å². The van der Waals surface area contributed by atoms with Crippen molar-refractivity contribution in [2.24, 2.45) is 9.98 Å². The van der Waals surface area contributed by atoms with E-state index in [-0.39, 0.29) is 0 Å². The fraction of sp³-hybridized carbons (Fsp3) is 0.174. The van der Waals surface area contributed by atoms with Crippen molar-refractivity contribution >= 4 is 23.8 Å². The summed E-state index contributed by atoms with van der Waals surface area (Å²) in [5.74, 6) is 0.